The van der Waals surface area contributed by atoms with Gasteiger partial charge in [-0.2, -0.15) is 13.2 Å². The molecule has 0 aliphatic heterocycles. The van der Waals surface area contributed by atoms with E-state index in [1.165, 1.54) is 24.3 Å². The Hall–Kier alpha value is -1.72. The minimum absolute atomic E-state index is 0.0178. The molecule has 0 atom stereocenters. The Morgan fingerprint density at radius 3 is 2.56 bits per heavy atom. The molecule has 100 valence electrons. The number of hydrogen-bond donors (Lipinski definition) is 1. The van der Waals surface area contributed by atoms with Crippen LogP contribution in [0.2, 0.25) is 0 Å². The molecule has 0 aliphatic rings. The largest absolute Gasteiger partial charge is 0.478 e. The van der Waals surface area contributed by atoms with Gasteiger partial charge in [0.1, 0.15) is 6.54 Å². The summed E-state index contributed by atoms with van der Waals surface area (Å²) in [5, 5.41) is 8.81. The minimum Gasteiger partial charge on any atom is -0.478 e. The quantitative estimate of drug-likeness (QED) is 0.885. The fourth-order valence-electron chi connectivity index (χ4n) is 1.62. The highest BCUT2D eigenvalue weighted by atomic mass is 19.4. The smallest absolute Gasteiger partial charge is 0.405 e. The van der Waals surface area contributed by atoms with E-state index in [-0.39, 0.29) is 17.8 Å². The summed E-state index contributed by atoms with van der Waals surface area (Å²) in [6, 6.07) is 5.53. The van der Waals surface area contributed by atoms with Crippen LogP contribution in [0.5, 0.6) is 0 Å². The Bertz CT molecular complexity index is 418. The molecule has 0 heterocycles. The van der Waals surface area contributed by atoms with Crippen LogP contribution in [0.3, 0.4) is 0 Å². The van der Waals surface area contributed by atoms with Crippen LogP contribution < -0.4 is 4.90 Å². The molecule has 0 saturated carbocycles. The Morgan fingerprint density at radius 1 is 1.39 bits per heavy atom. The molecule has 0 radical (unpaired) electrons. The van der Waals surface area contributed by atoms with Gasteiger partial charge in [0.25, 0.3) is 0 Å². The van der Waals surface area contributed by atoms with Gasteiger partial charge in [0.2, 0.25) is 0 Å². The van der Waals surface area contributed by atoms with Crippen LogP contribution in [-0.4, -0.2) is 30.3 Å². The fourth-order valence-corrected chi connectivity index (χ4v) is 1.62. The number of anilines is 1. The number of carboxylic acids is 1. The molecule has 0 bridgehead atoms. The molecule has 0 aromatic heterocycles. The van der Waals surface area contributed by atoms with E-state index in [0.717, 1.165) is 4.90 Å². The summed E-state index contributed by atoms with van der Waals surface area (Å²) in [6.45, 7) is 0.914. The number of carbonyl (C=O) groups is 1. The number of hydrogen-bond acceptors (Lipinski definition) is 2. The zero-order chi connectivity index (χ0) is 13.8. The number of carboxylic acid groups (broad SMARTS) is 1. The first kappa shape index (κ1) is 14.3. The van der Waals surface area contributed by atoms with Crippen molar-refractivity contribution in [3.05, 3.63) is 29.8 Å². The van der Waals surface area contributed by atoms with Gasteiger partial charge in [-0.3, -0.25) is 0 Å². The standard InChI is InChI=1S/C12H14F3NO2/c1-2-6-16(8-12(13,14)15)10-5-3-4-9(7-10)11(17)18/h3-5,7H,2,6,8H2,1H3,(H,17,18). The predicted molar refractivity (Wildman–Crippen MR) is 62.0 cm³/mol. The average Bonchev–Trinajstić information content (AvgIpc) is 2.27. The second-order valence-corrected chi connectivity index (χ2v) is 3.89. The van der Waals surface area contributed by atoms with Gasteiger partial charge >= 0.3 is 12.1 Å². The first-order valence-electron chi connectivity index (χ1n) is 5.48. The molecule has 1 N–H and O–H groups in total. The Morgan fingerprint density at radius 2 is 2.06 bits per heavy atom. The van der Waals surface area contributed by atoms with Gasteiger partial charge in [-0.25, -0.2) is 4.79 Å². The van der Waals surface area contributed by atoms with Crippen molar-refractivity contribution in [2.75, 3.05) is 18.0 Å². The molecule has 18 heavy (non-hydrogen) atoms. The van der Waals surface area contributed by atoms with Crippen LogP contribution in [0.4, 0.5) is 18.9 Å². The van der Waals surface area contributed by atoms with E-state index < -0.39 is 18.7 Å². The number of rotatable bonds is 5. The summed E-state index contributed by atoms with van der Waals surface area (Å²) in [6.07, 6.45) is -3.76. The summed E-state index contributed by atoms with van der Waals surface area (Å²) in [5.41, 5.74) is 0.254. The minimum atomic E-state index is -4.31. The van der Waals surface area contributed by atoms with Crippen molar-refractivity contribution in [2.24, 2.45) is 0 Å². The van der Waals surface area contributed by atoms with E-state index in [9.17, 15) is 18.0 Å². The molecule has 6 heteroatoms. The third-order valence-corrected chi connectivity index (χ3v) is 2.32. The van der Waals surface area contributed by atoms with Crippen molar-refractivity contribution in [3.8, 4) is 0 Å². The lowest BCUT2D eigenvalue weighted by Gasteiger charge is -2.25. The zero-order valence-corrected chi connectivity index (χ0v) is 9.87. The van der Waals surface area contributed by atoms with Crippen LogP contribution in [0.25, 0.3) is 0 Å². The second-order valence-electron chi connectivity index (χ2n) is 3.89. The van der Waals surface area contributed by atoms with Crippen LogP contribution in [0, 0.1) is 0 Å². The van der Waals surface area contributed by atoms with Crippen LogP contribution in [0.15, 0.2) is 24.3 Å². The van der Waals surface area contributed by atoms with Crippen molar-refractivity contribution in [1.82, 2.24) is 0 Å². The number of aromatic carboxylic acids is 1. The first-order valence-corrected chi connectivity index (χ1v) is 5.48. The van der Waals surface area contributed by atoms with Crippen molar-refractivity contribution in [3.63, 3.8) is 0 Å². The van der Waals surface area contributed by atoms with Crippen LogP contribution >= 0.6 is 0 Å². The molecule has 0 aliphatic carbocycles. The van der Waals surface area contributed by atoms with E-state index in [1.807, 2.05) is 0 Å². The lowest BCUT2D eigenvalue weighted by Crippen LogP contribution is -2.34. The van der Waals surface area contributed by atoms with Crippen molar-refractivity contribution < 1.29 is 23.1 Å². The van der Waals surface area contributed by atoms with Gasteiger partial charge in [-0.05, 0) is 24.6 Å². The molecular formula is C12H14F3NO2. The number of alkyl halides is 3. The SMILES string of the molecule is CCCN(CC(F)(F)F)c1cccc(C(=O)O)c1. The first-order chi connectivity index (χ1) is 8.33. The monoisotopic (exact) mass is 261 g/mol. The average molecular weight is 261 g/mol. The highest BCUT2D eigenvalue weighted by molar-refractivity contribution is 5.88. The molecule has 1 aromatic rings. The molecule has 0 amide bonds. The normalized spacial score (nSPS) is 11.3. The van der Waals surface area contributed by atoms with Gasteiger partial charge in [0, 0.05) is 12.2 Å². The van der Waals surface area contributed by atoms with Crippen molar-refractivity contribution >= 4 is 11.7 Å². The third-order valence-electron chi connectivity index (χ3n) is 2.32. The maximum Gasteiger partial charge on any atom is 0.405 e. The van der Waals surface area contributed by atoms with Gasteiger partial charge in [0.15, 0.2) is 0 Å². The van der Waals surface area contributed by atoms with Crippen molar-refractivity contribution in [1.29, 1.82) is 0 Å². The van der Waals surface area contributed by atoms with Gasteiger partial charge in [-0.15, -0.1) is 0 Å². The Labute approximate surface area is 103 Å². The number of benzene rings is 1. The lowest BCUT2D eigenvalue weighted by atomic mass is 10.2. The molecule has 0 unspecified atom stereocenters. The lowest BCUT2D eigenvalue weighted by molar-refractivity contribution is -0.119. The highest BCUT2D eigenvalue weighted by Gasteiger charge is 2.30. The molecular weight excluding hydrogens is 247 g/mol. The molecule has 1 aromatic carbocycles. The highest BCUT2D eigenvalue weighted by Crippen LogP contribution is 2.23. The fraction of sp³-hybridized carbons (Fsp3) is 0.417. The third kappa shape index (κ3) is 4.27. The Balaban J connectivity index is 2.98. The summed E-state index contributed by atoms with van der Waals surface area (Å²) in [5.74, 6) is -1.15. The van der Waals surface area contributed by atoms with E-state index in [1.54, 1.807) is 6.92 Å². The second kappa shape index (κ2) is 5.75. The number of halogens is 3. The molecule has 0 fully saturated rings. The predicted octanol–water partition coefficient (Wildman–Crippen LogP) is 3.16. The van der Waals surface area contributed by atoms with Crippen LogP contribution in [0.1, 0.15) is 23.7 Å². The van der Waals surface area contributed by atoms with Gasteiger partial charge in [-0.1, -0.05) is 13.0 Å². The topological polar surface area (TPSA) is 40.5 Å². The maximum absolute atomic E-state index is 12.4. The molecule has 3 nitrogen and oxygen atoms in total. The van der Waals surface area contributed by atoms with Crippen LogP contribution in [-0.2, 0) is 0 Å². The van der Waals surface area contributed by atoms with Gasteiger partial charge in [0.05, 0.1) is 5.56 Å². The van der Waals surface area contributed by atoms with E-state index in [0.29, 0.717) is 6.42 Å². The van der Waals surface area contributed by atoms with Gasteiger partial charge < -0.3 is 10.0 Å². The van der Waals surface area contributed by atoms with E-state index >= 15 is 0 Å². The summed E-state index contributed by atoms with van der Waals surface area (Å²) in [4.78, 5) is 11.9. The Kier molecular flexibility index (Phi) is 4.58. The molecule has 0 saturated heterocycles. The number of nitrogens with zero attached hydrogens (tertiary/aromatic N) is 1. The van der Waals surface area contributed by atoms with Crippen molar-refractivity contribution in [2.45, 2.75) is 19.5 Å². The molecule has 0 spiro atoms. The van der Waals surface area contributed by atoms with E-state index in [4.69, 9.17) is 5.11 Å². The summed E-state index contributed by atoms with van der Waals surface area (Å²) in [7, 11) is 0. The van der Waals surface area contributed by atoms with E-state index in [2.05, 4.69) is 0 Å². The molecule has 1 rings (SSSR count). The zero-order valence-electron chi connectivity index (χ0n) is 9.87. The summed E-state index contributed by atoms with van der Waals surface area (Å²) < 4.78 is 37.2. The maximum atomic E-state index is 12.4. The summed E-state index contributed by atoms with van der Waals surface area (Å²) >= 11 is 0.